The first-order valence-electron chi connectivity index (χ1n) is 8.01. The summed E-state index contributed by atoms with van der Waals surface area (Å²) in [6, 6.07) is 7.71. The number of benzene rings is 1. The fourth-order valence-corrected chi connectivity index (χ4v) is 3.28. The molecule has 1 N–H and O–H groups in total. The molecule has 3 rings (SSSR count). The van der Waals surface area contributed by atoms with Gasteiger partial charge in [0.15, 0.2) is 16.7 Å². The van der Waals surface area contributed by atoms with Gasteiger partial charge in [-0.3, -0.25) is 9.20 Å². The van der Waals surface area contributed by atoms with Gasteiger partial charge in [-0.2, -0.15) is 5.10 Å². The van der Waals surface area contributed by atoms with Crippen molar-refractivity contribution in [3.8, 4) is 5.75 Å². The van der Waals surface area contributed by atoms with Gasteiger partial charge < -0.3 is 4.74 Å². The Morgan fingerprint density at radius 3 is 2.81 bits per heavy atom. The van der Waals surface area contributed by atoms with E-state index in [-0.39, 0.29) is 17.9 Å². The topological polar surface area (TPSA) is 68.0 Å². The second-order valence-electron chi connectivity index (χ2n) is 6.70. The average Bonchev–Trinajstić information content (AvgIpc) is 3.14. The molecule has 2 heterocycles. The Bertz CT molecular complexity index is 938. The van der Waals surface area contributed by atoms with Crippen molar-refractivity contribution in [2.45, 2.75) is 26.2 Å². The van der Waals surface area contributed by atoms with Gasteiger partial charge >= 0.3 is 0 Å². The van der Waals surface area contributed by atoms with E-state index >= 15 is 0 Å². The monoisotopic (exact) mass is 390 g/mol. The number of imidazole rings is 1. The molecule has 0 unspecified atom stereocenters. The number of amides is 1. The molecule has 3 aromatic rings. The lowest BCUT2D eigenvalue weighted by Gasteiger charge is -2.19. The highest BCUT2D eigenvalue weighted by molar-refractivity contribution is 7.15. The lowest BCUT2D eigenvalue weighted by Crippen LogP contribution is -2.24. The average molecular weight is 391 g/mol. The van der Waals surface area contributed by atoms with Gasteiger partial charge in [-0.05, 0) is 23.1 Å². The summed E-state index contributed by atoms with van der Waals surface area (Å²) in [4.78, 5) is 16.8. The van der Waals surface area contributed by atoms with Crippen LogP contribution in [0.15, 0.2) is 40.9 Å². The predicted molar refractivity (Wildman–Crippen MR) is 104 cm³/mol. The number of hydrogen-bond acceptors (Lipinski definition) is 5. The first-order valence-corrected chi connectivity index (χ1v) is 9.26. The number of carbonyl (C=O) groups excluding carboxylic acids is 1. The zero-order chi connectivity index (χ0) is 18.7. The van der Waals surface area contributed by atoms with Gasteiger partial charge in [0.2, 0.25) is 0 Å². The lowest BCUT2D eigenvalue weighted by atomic mass is 9.87. The molecule has 0 saturated heterocycles. The van der Waals surface area contributed by atoms with Gasteiger partial charge in [-0.1, -0.05) is 44.5 Å². The van der Waals surface area contributed by atoms with Crippen molar-refractivity contribution in [2.75, 3.05) is 6.61 Å². The molecular formula is C18H19ClN4O2S. The number of nitrogens with one attached hydrogen (secondary N) is 1. The molecule has 0 bridgehead atoms. The third-order valence-electron chi connectivity index (χ3n) is 3.72. The lowest BCUT2D eigenvalue weighted by molar-refractivity contribution is -0.123. The first kappa shape index (κ1) is 18.4. The molecule has 2 aromatic heterocycles. The Hall–Kier alpha value is -2.38. The maximum Gasteiger partial charge on any atom is 0.277 e. The van der Waals surface area contributed by atoms with Crippen molar-refractivity contribution in [1.29, 1.82) is 0 Å². The summed E-state index contributed by atoms with van der Waals surface area (Å²) in [5.74, 6) is 0.277. The van der Waals surface area contributed by atoms with Gasteiger partial charge in [-0.15, -0.1) is 11.3 Å². The summed E-state index contributed by atoms with van der Waals surface area (Å²) >= 11 is 7.52. The van der Waals surface area contributed by atoms with E-state index in [1.807, 2.05) is 35.8 Å². The molecule has 0 atom stereocenters. The van der Waals surface area contributed by atoms with Crippen molar-refractivity contribution in [3.05, 3.63) is 52.3 Å². The van der Waals surface area contributed by atoms with Crippen LogP contribution in [0.5, 0.6) is 5.75 Å². The summed E-state index contributed by atoms with van der Waals surface area (Å²) < 4.78 is 7.28. The molecule has 0 spiro atoms. The molecule has 0 radical (unpaired) electrons. The maximum atomic E-state index is 11.9. The van der Waals surface area contributed by atoms with Gasteiger partial charge in [-0.25, -0.2) is 10.4 Å². The highest BCUT2D eigenvalue weighted by Crippen LogP contribution is 2.24. The summed E-state index contributed by atoms with van der Waals surface area (Å²) in [5, 5.41) is 6.15. The van der Waals surface area contributed by atoms with E-state index in [1.165, 1.54) is 23.1 Å². The van der Waals surface area contributed by atoms with E-state index in [0.717, 1.165) is 4.96 Å². The molecule has 8 heteroatoms. The summed E-state index contributed by atoms with van der Waals surface area (Å²) in [5.41, 5.74) is 4.31. The molecule has 26 heavy (non-hydrogen) atoms. The van der Waals surface area contributed by atoms with E-state index in [1.54, 1.807) is 4.40 Å². The smallest absolute Gasteiger partial charge is 0.277 e. The molecule has 0 aliphatic rings. The van der Waals surface area contributed by atoms with E-state index in [4.69, 9.17) is 16.3 Å². The minimum absolute atomic E-state index is 0.0768. The number of rotatable bonds is 5. The molecule has 1 amide bonds. The summed E-state index contributed by atoms with van der Waals surface area (Å²) in [6.07, 6.45) is 3.30. The number of carbonyl (C=O) groups is 1. The van der Waals surface area contributed by atoms with Crippen LogP contribution in [0.25, 0.3) is 4.96 Å². The molecule has 0 saturated carbocycles. The Morgan fingerprint density at radius 2 is 2.12 bits per heavy atom. The highest BCUT2D eigenvalue weighted by atomic mass is 35.5. The minimum atomic E-state index is -0.358. The third-order valence-corrected chi connectivity index (χ3v) is 4.76. The number of nitrogens with zero attached hydrogens (tertiary/aromatic N) is 3. The summed E-state index contributed by atoms with van der Waals surface area (Å²) in [6.45, 7) is 6.31. The SMILES string of the molecule is CC(C)(C)c1ccc(OCC(=O)N/N=C/c2c(Cl)nc3sccn23)cc1. The van der Waals surface area contributed by atoms with Crippen LogP contribution >= 0.6 is 22.9 Å². The molecule has 1 aromatic carbocycles. The molecule has 6 nitrogen and oxygen atoms in total. The van der Waals surface area contributed by atoms with Crippen LogP contribution < -0.4 is 10.2 Å². The number of halogens is 1. The second kappa shape index (κ2) is 7.47. The Labute approximate surface area is 160 Å². The normalized spacial score (nSPS) is 12.0. The van der Waals surface area contributed by atoms with E-state index in [2.05, 4.69) is 36.3 Å². The second-order valence-corrected chi connectivity index (χ2v) is 7.93. The van der Waals surface area contributed by atoms with Gasteiger partial charge in [0.1, 0.15) is 11.4 Å². The number of fused-ring (bicyclic) bond motifs is 1. The number of aromatic nitrogens is 2. The van der Waals surface area contributed by atoms with Crippen molar-refractivity contribution >= 4 is 40.0 Å². The van der Waals surface area contributed by atoms with Crippen LogP contribution in [-0.4, -0.2) is 28.1 Å². The first-order chi connectivity index (χ1) is 12.3. The maximum absolute atomic E-state index is 11.9. The Kier molecular flexibility index (Phi) is 5.29. The third kappa shape index (κ3) is 4.23. The van der Waals surface area contributed by atoms with E-state index in [0.29, 0.717) is 16.6 Å². The molecular weight excluding hydrogens is 372 g/mol. The number of hydrogen-bond donors (Lipinski definition) is 1. The quantitative estimate of drug-likeness (QED) is 0.531. The van der Waals surface area contributed by atoms with Crippen LogP contribution in [0.1, 0.15) is 32.0 Å². The number of thiazole rings is 1. The molecule has 0 fully saturated rings. The zero-order valence-corrected chi connectivity index (χ0v) is 16.3. The number of ether oxygens (including phenoxy) is 1. The number of hydrazone groups is 1. The minimum Gasteiger partial charge on any atom is -0.484 e. The summed E-state index contributed by atoms with van der Waals surface area (Å²) in [7, 11) is 0. The molecule has 136 valence electrons. The van der Waals surface area contributed by atoms with Gasteiger partial charge in [0, 0.05) is 11.6 Å². The zero-order valence-electron chi connectivity index (χ0n) is 14.7. The van der Waals surface area contributed by atoms with Crippen molar-refractivity contribution in [3.63, 3.8) is 0 Å². The Balaban J connectivity index is 1.53. The van der Waals surface area contributed by atoms with Crippen LogP contribution in [0.4, 0.5) is 0 Å². The van der Waals surface area contributed by atoms with Crippen LogP contribution in [0.3, 0.4) is 0 Å². The van der Waals surface area contributed by atoms with E-state index < -0.39 is 0 Å². The van der Waals surface area contributed by atoms with Crippen LogP contribution in [0, 0.1) is 0 Å². The molecule has 0 aliphatic carbocycles. The van der Waals surface area contributed by atoms with Crippen molar-refractivity contribution in [2.24, 2.45) is 5.10 Å². The highest BCUT2D eigenvalue weighted by Gasteiger charge is 2.13. The largest absolute Gasteiger partial charge is 0.484 e. The van der Waals surface area contributed by atoms with Gasteiger partial charge in [0.05, 0.1) is 6.21 Å². The van der Waals surface area contributed by atoms with Crippen LogP contribution in [0.2, 0.25) is 5.15 Å². The van der Waals surface area contributed by atoms with Gasteiger partial charge in [0.25, 0.3) is 5.91 Å². The standard InChI is InChI=1S/C18H19ClN4O2S/c1-18(2,3)12-4-6-13(7-5-12)25-11-15(24)22-20-10-14-16(19)21-17-23(14)8-9-26-17/h4-10H,11H2,1-3H3,(H,22,24)/b20-10+. The van der Waals surface area contributed by atoms with E-state index in [9.17, 15) is 4.79 Å². The Morgan fingerprint density at radius 1 is 1.38 bits per heavy atom. The van der Waals surface area contributed by atoms with Crippen LogP contribution in [-0.2, 0) is 10.2 Å². The molecule has 0 aliphatic heterocycles. The van der Waals surface area contributed by atoms with Crippen molar-refractivity contribution in [1.82, 2.24) is 14.8 Å². The fraction of sp³-hybridized carbons (Fsp3) is 0.278. The fourth-order valence-electron chi connectivity index (χ4n) is 2.29. The van der Waals surface area contributed by atoms with Crippen molar-refractivity contribution < 1.29 is 9.53 Å². The predicted octanol–water partition coefficient (Wildman–Crippen LogP) is 3.88.